The number of ketones is 1. The van der Waals surface area contributed by atoms with Crippen molar-refractivity contribution in [2.75, 3.05) is 0 Å². The molecule has 0 aliphatic carbocycles. The molecular weight excluding hydrogens is 264 g/mol. The molecule has 2 heterocycles. The minimum Gasteiger partial charge on any atom is -0.294 e. The Morgan fingerprint density at radius 3 is 2.81 bits per heavy atom. The van der Waals surface area contributed by atoms with Crippen LogP contribution in [-0.4, -0.2) is 25.5 Å². The Kier molecular flexibility index (Phi) is 3.48. The summed E-state index contributed by atoms with van der Waals surface area (Å²) in [6.07, 6.45) is 4.42. The summed E-state index contributed by atoms with van der Waals surface area (Å²) in [6.45, 7) is 2.05. The molecule has 0 fully saturated rings. The fourth-order valence-corrected chi connectivity index (χ4v) is 2.39. The number of para-hydroxylation sites is 1. The van der Waals surface area contributed by atoms with Crippen LogP contribution in [0.5, 0.6) is 0 Å². The molecule has 0 aliphatic heterocycles. The van der Waals surface area contributed by atoms with Gasteiger partial charge in [0.25, 0.3) is 0 Å². The van der Waals surface area contributed by atoms with Crippen LogP contribution in [0.25, 0.3) is 11.0 Å². The van der Waals surface area contributed by atoms with Crippen molar-refractivity contribution < 1.29 is 4.79 Å². The number of benzene rings is 1. The molecule has 0 bridgehead atoms. The Balaban J connectivity index is 1.95. The predicted molar refractivity (Wildman–Crippen MR) is 80.2 cm³/mol. The van der Waals surface area contributed by atoms with Crippen LogP contribution in [0.15, 0.2) is 36.7 Å². The van der Waals surface area contributed by atoms with Gasteiger partial charge < -0.3 is 0 Å². The van der Waals surface area contributed by atoms with Crippen molar-refractivity contribution in [1.29, 1.82) is 0 Å². The van der Waals surface area contributed by atoms with Gasteiger partial charge in [0.05, 0.1) is 23.1 Å². The number of aromatic nitrogens is 4. The standard InChI is InChI=1S/C16H16N4O/c1-3-11-9-12(20(2)19-11)10-15(21)13-5-4-6-14-16(13)18-8-7-17-14/h4-9H,3,10H2,1-2H3. The van der Waals surface area contributed by atoms with E-state index in [2.05, 4.69) is 15.1 Å². The number of hydrogen-bond acceptors (Lipinski definition) is 4. The zero-order valence-electron chi connectivity index (χ0n) is 12.1. The fraction of sp³-hybridized carbons (Fsp3) is 0.250. The average Bonchev–Trinajstić information content (AvgIpc) is 2.87. The smallest absolute Gasteiger partial charge is 0.171 e. The Morgan fingerprint density at radius 2 is 2.05 bits per heavy atom. The SMILES string of the molecule is CCc1cc(CC(=O)c2cccc3nccnc23)n(C)n1. The molecule has 5 heteroatoms. The third-order valence-corrected chi connectivity index (χ3v) is 3.53. The second-order valence-corrected chi connectivity index (χ2v) is 4.93. The van der Waals surface area contributed by atoms with Gasteiger partial charge in [-0.3, -0.25) is 19.4 Å². The third-order valence-electron chi connectivity index (χ3n) is 3.53. The highest BCUT2D eigenvalue weighted by molar-refractivity contribution is 6.06. The maximum absolute atomic E-state index is 12.6. The van der Waals surface area contributed by atoms with Gasteiger partial charge in [-0.15, -0.1) is 0 Å². The highest BCUT2D eigenvalue weighted by Gasteiger charge is 2.14. The minimum atomic E-state index is 0.0340. The molecule has 0 radical (unpaired) electrons. The number of carbonyl (C=O) groups is 1. The highest BCUT2D eigenvalue weighted by atomic mass is 16.1. The molecule has 0 saturated carbocycles. The number of Topliss-reactive ketones (excluding diaryl/α,β-unsaturated/α-hetero) is 1. The van der Waals surface area contributed by atoms with Crippen molar-refractivity contribution in [1.82, 2.24) is 19.7 Å². The molecule has 3 rings (SSSR count). The molecule has 0 N–H and O–H groups in total. The molecule has 21 heavy (non-hydrogen) atoms. The first kappa shape index (κ1) is 13.4. The van der Waals surface area contributed by atoms with Gasteiger partial charge in [0.2, 0.25) is 0 Å². The topological polar surface area (TPSA) is 60.7 Å². The van der Waals surface area contributed by atoms with Crippen LogP contribution >= 0.6 is 0 Å². The third kappa shape index (κ3) is 2.54. The van der Waals surface area contributed by atoms with Gasteiger partial charge in [-0.1, -0.05) is 13.0 Å². The molecule has 0 unspecified atom stereocenters. The second kappa shape index (κ2) is 5.44. The van der Waals surface area contributed by atoms with E-state index in [9.17, 15) is 4.79 Å². The summed E-state index contributed by atoms with van der Waals surface area (Å²) in [7, 11) is 1.87. The molecule has 0 saturated heterocycles. The van der Waals surface area contributed by atoms with Gasteiger partial charge in [-0.05, 0) is 24.6 Å². The van der Waals surface area contributed by atoms with Crippen molar-refractivity contribution in [3.05, 3.63) is 53.6 Å². The van der Waals surface area contributed by atoms with Crippen LogP contribution in [0.3, 0.4) is 0 Å². The quantitative estimate of drug-likeness (QED) is 0.688. The summed E-state index contributed by atoms with van der Waals surface area (Å²) < 4.78 is 1.77. The van der Waals surface area contributed by atoms with Crippen LogP contribution in [0, 0.1) is 0 Å². The Labute approximate surface area is 122 Å². The van der Waals surface area contributed by atoms with Gasteiger partial charge in [-0.2, -0.15) is 5.10 Å². The summed E-state index contributed by atoms with van der Waals surface area (Å²) in [5.41, 5.74) is 3.92. The molecule has 106 valence electrons. The number of nitrogens with zero attached hydrogens (tertiary/aromatic N) is 4. The lowest BCUT2D eigenvalue weighted by molar-refractivity contribution is 0.0992. The monoisotopic (exact) mass is 280 g/mol. The Bertz CT molecular complexity index is 802. The lowest BCUT2D eigenvalue weighted by Gasteiger charge is -2.04. The van der Waals surface area contributed by atoms with Crippen LogP contribution in [0.4, 0.5) is 0 Å². The van der Waals surface area contributed by atoms with E-state index in [1.807, 2.05) is 32.2 Å². The number of aryl methyl sites for hydroxylation is 2. The summed E-state index contributed by atoms with van der Waals surface area (Å²) in [5.74, 6) is 0.0340. The molecule has 0 spiro atoms. The van der Waals surface area contributed by atoms with E-state index in [0.717, 1.165) is 23.3 Å². The summed E-state index contributed by atoms with van der Waals surface area (Å²) in [4.78, 5) is 21.1. The fourth-order valence-electron chi connectivity index (χ4n) is 2.39. The molecule has 5 nitrogen and oxygen atoms in total. The van der Waals surface area contributed by atoms with Gasteiger partial charge >= 0.3 is 0 Å². The average molecular weight is 280 g/mol. The zero-order valence-corrected chi connectivity index (χ0v) is 12.1. The van der Waals surface area contributed by atoms with E-state index in [0.29, 0.717) is 17.5 Å². The van der Waals surface area contributed by atoms with Crippen LogP contribution in [0.1, 0.15) is 28.7 Å². The normalized spacial score (nSPS) is 11.0. The van der Waals surface area contributed by atoms with Crippen molar-refractivity contribution >= 4 is 16.8 Å². The maximum atomic E-state index is 12.6. The number of carbonyl (C=O) groups excluding carboxylic acids is 1. The molecule has 0 amide bonds. The highest BCUT2D eigenvalue weighted by Crippen LogP contribution is 2.16. The van der Waals surface area contributed by atoms with Gasteiger partial charge in [0.15, 0.2) is 5.78 Å². The molecule has 2 aromatic heterocycles. The summed E-state index contributed by atoms with van der Waals surface area (Å²) >= 11 is 0. The summed E-state index contributed by atoms with van der Waals surface area (Å²) in [5, 5.41) is 4.37. The van der Waals surface area contributed by atoms with Crippen molar-refractivity contribution in [2.24, 2.45) is 7.05 Å². The van der Waals surface area contributed by atoms with Gasteiger partial charge in [0, 0.05) is 30.7 Å². The first-order chi connectivity index (χ1) is 10.2. The molecule has 0 aliphatic rings. The lowest BCUT2D eigenvalue weighted by atomic mass is 10.0. The van der Waals surface area contributed by atoms with Gasteiger partial charge in [-0.25, -0.2) is 0 Å². The summed E-state index contributed by atoms with van der Waals surface area (Å²) in [6, 6.07) is 7.48. The molecule has 3 aromatic rings. The first-order valence-corrected chi connectivity index (χ1v) is 6.93. The van der Waals surface area contributed by atoms with Crippen LogP contribution in [-0.2, 0) is 19.9 Å². The first-order valence-electron chi connectivity index (χ1n) is 6.93. The molecular formula is C16H16N4O. The molecule has 0 atom stereocenters. The minimum absolute atomic E-state index is 0.0340. The van der Waals surface area contributed by atoms with Crippen molar-refractivity contribution in [2.45, 2.75) is 19.8 Å². The zero-order chi connectivity index (χ0) is 14.8. The maximum Gasteiger partial charge on any atom is 0.171 e. The lowest BCUT2D eigenvalue weighted by Crippen LogP contribution is -2.09. The number of fused-ring (bicyclic) bond motifs is 1. The van der Waals surface area contributed by atoms with E-state index in [1.165, 1.54) is 0 Å². The van der Waals surface area contributed by atoms with Gasteiger partial charge in [0.1, 0.15) is 0 Å². The van der Waals surface area contributed by atoms with Crippen LogP contribution < -0.4 is 0 Å². The van der Waals surface area contributed by atoms with E-state index in [1.54, 1.807) is 23.1 Å². The predicted octanol–water partition coefficient (Wildman–Crippen LogP) is 2.35. The number of hydrogen-bond donors (Lipinski definition) is 0. The Hall–Kier alpha value is -2.56. The van der Waals surface area contributed by atoms with E-state index in [4.69, 9.17) is 0 Å². The van der Waals surface area contributed by atoms with Crippen molar-refractivity contribution in [3.8, 4) is 0 Å². The van der Waals surface area contributed by atoms with E-state index < -0.39 is 0 Å². The number of rotatable bonds is 4. The largest absolute Gasteiger partial charge is 0.294 e. The van der Waals surface area contributed by atoms with E-state index >= 15 is 0 Å². The second-order valence-electron chi connectivity index (χ2n) is 4.93. The Morgan fingerprint density at radius 1 is 1.24 bits per heavy atom. The van der Waals surface area contributed by atoms with E-state index in [-0.39, 0.29) is 5.78 Å². The molecule has 1 aromatic carbocycles. The van der Waals surface area contributed by atoms with Crippen LogP contribution in [0.2, 0.25) is 0 Å². The van der Waals surface area contributed by atoms with Crippen molar-refractivity contribution in [3.63, 3.8) is 0 Å².